The van der Waals surface area contributed by atoms with E-state index in [1.165, 1.54) is 51.5 Å². The van der Waals surface area contributed by atoms with Crippen molar-refractivity contribution in [1.82, 2.24) is 4.90 Å². The molecule has 0 radical (unpaired) electrons. The molecule has 0 aromatic carbocycles. The van der Waals surface area contributed by atoms with Crippen molar-refractivity contribution in [3.8, 4) is 0 Å². The lowest BCUT2D eigenvalue weighted by Crippen LogP contribution is -2.54. The van der Waals surface area contributed by atoms with Crippen LogP contribution in [-0.4, -0.2) is 29.6 Å². The molecule has 0 aliphatic heterocycles. The number of hydrogen-bond donors (Lipinski definition) is 1. The average Bonchev–Trinajstić information content (AvgIpc) is 3.15. The highest BCUT2D eigenvalue weighted by atomic mass is 15.3. The molecule has 0 spiro atoms. The first kappa shape index (κ1) is 11.0. The van der Waals surface area contributed by atoms with Crippen LogP contribution in [0.3, 0.4) is 0 Å². The van der Waals surface area contributed by atoms with Gasteiger partial charge in [-0.05, 0) is 56.8 Å². The molecule has 0 amide bonds. The summed E-state index contributed by atoms with van der Waals surface area (Å²) in [4.78, 5) is 2.84. The highest BCUT2D eigenvalue weighted by molar-refractivity contribution is 5.04. The predicted molar refractivity (Wildman–Crippen MR) is 67.3 cm³/mol. The van der Waals surface area contributed by atoms with Crippen LogP contribution in [0.5, 0.6) is 0 Å². The van der Waals surface area contributed by atoms with Gasteiger partial charge in [0.1, 0.15) is 0 Å². The van der Waals surface area contributed by atoms with E-state index in [0.717, 1.165) is 24.4 Å². The number of nitrogens with zero attached hydrogens (tertiary/aromatic N) is 1. The van der Waals surface area contributed by atoms with Crippen LogP contribution in [-0.2, 0) is 0 Å². The normalized spacial score (nSPS) is 39.6. The van der Waals surface area contributed by atoms with Gasteiger partial charge in [0.05, 0.1) is 0 Å². The van der Waals surface area contributed by atoms with Crippen LogP contribution in [0, 0.1) is 11.8 Å². The quantitative estimate of drug-likeness (QED) is 0.774. The van der Waals surface area contributed by atoms with Crippen LogP contribution in [0.2, 0.25) is 0 Å². The lowest BCUT2D eigenvalue weighted by molar-refractivity contribution is 0.0810. The lowest BCUT2D eigenvalue weighted by atomic mass is 9.93. The fourth-order valence-corrected chi connectivity index (χ4v) is 3.63. The molecule has 2 unspecified atom stereocenters. The van der Waals surface area contributed by atoms with Crippen LogP contribution >= 0.6 is 0 Å². The molecule has 3 rings (SSSR count). The van der Waals surface area contributed by atoms with E-state index >= 15 is 0 Å². The Balaban J connectivity index is 1.73. The van der Waals surface area contributed by atoms with Gasteiger partial charge in [0.2, 0.25) is 0 Å². The smallest absolute Gasteiger partial charge is 0.0337 e. The Labute approximate surface area is 99.6 Å². The zero-order chi connectivity index (χ0) is 11.2. The van der Waals surface area contributed by atoms with Crippen molar-refractivity contribution in [3.05, 3.63) is 0 Å². The molecule has 0 aromatic heterocycles. The zero-order valence-corrected chi connectivity index (χ0v) is 10.6. The van der Waals surface area contributed by atoms with Crippen LogP contribution in [0.15, 0.2) is 0 Å². The number of nitrogens with two attached hydrogens (primary N) is 1. The fraction of sp³-hybridized carbons (Fsp3) is 1.00. The molecular weight excluding hydrogens is 196 g/mol. The van der Waals surface area contributed by atoms with E-state index in [2.05, 4.69) is 11.8 Å². The topological polar surface area (TPSA) is 29.3 Å². The van der Waals surface area contributed by atoms with Gasteiger partial charge in [0, 0.05) is 24.7 Å². The molecule has 2 nitrogen and oxygen atoms in total. The summed E-state index contributed by atoms with van der Waals surface area (Å²) in [5.41, 5.74) is 6.54. The summed E-state index contributed by atoms with van der Waals surface area (Å²) in [5.74, 6) is 1.91. The molecule has 2 N–H and O–H groups in total. The van der Waals surface area contributed by atoms with Crippen molar-refractivity contribution in [2.24, 2.45) is 17.6 Å². The van der Waals surface area contributed by atoms with E-state index in [9.17, 15) is 0 Å². The second-order valence-electron chi connectivity index (χ2n) is 6.60. The van der Waals surface area contributed by atoms with E-state index in [0.29, 0.717) is 5.54 Å². The minimum Gasteiger partial charge on any atom is -0.329 e. The third-order valence-corrected chi connectivity index (χ3v) is 4.96. The van der Waals surface area contributed by atoms with E-state index in [1.54, 1.807) is 0 Å². The van der Waals surface area contributed by atoms with Crippen molar-refractivity contribution in [1.29, 1.82) is 0 Å². The van der Waals surface area contributed by atoms with Gasteiger partial charge in [-0.25, -0.2) is 0 Å². The third kappa shape index (κ3) is 2.02. The third-order valence-electron chi connectivity index (χ3n) is 4.96. The monoisotopic (exact) mass is 222 g/mol. The summed E-state index contributed by atoms with van der Waals surface area (Å²) in [5, 5.41) is 0. The molecule has 3 saturated carbocycles. The van der Waals surface area contributed by atoms with Gasteiger partial charge in [-0.1, -0.05) is 6.92 Å². The number of hydrogen-bond acceptors (Lipinski definition) is 2. The largest absolute Gasteiger partial charge is 0.329 e. The zero-order valence-electron chi connectivity index (χ0n) is 10.6. The molecule has 0 heterocycles. The maximum atomic E-state index is 6.15. The Morgan fingerprint density at radius 1 is 1.19 bits per heavy atom. The molecule has 92 valence electrons. The summed E-state index contributed by atoms with van der Waals surface area (Å²) in [6, 6.07) is 0.898. The molecule has 0 aromatic rings. The van der Waals surface area contributed by atoms with Crippen molar-refractivity contribution in [2.45, 2.75) is 63.5 Å². The van der Waals surface area contributed by atoms with Gasteiger partial charge < -0.3 is 5.73 Å². The van der Waals surface area contributed by atoms with Gasteiger partial charge in [0.15, 0.2) is 0 Å². The van der Waals surface area contributed by atoms with Gasteiger partial charge >= 0.3 is 0 Å². The van der Waals surface area contributed by atoms with Gasteiger partial charge in [-0.2, -0.15) is 0 Å². The first-order valence-corrected chi connectivity index (χ1v) is 7.20. The summed E-state index contributed by atoms with van der Waals surface area (Å²) >= 11 is 0. The Hall–Kier alpha value is -0.0800. The molecule has 2 atom stereocenters. The molecule has 3 aliphatic rings. The van der Waals surface area contributed by atoms with Crippen LogP contribution in [0.25, 0.3) is 0 Å². The lowest BCUT2D eigenvalue weighted by Gasteiger charge is -2.41. The molecule has 3 aliphatic carbocycles. The fourth-order valence-electron chi connectivity index (χ4n) is 3.63. The predicted octanol–water partition coefficient (Wildman–Crippen LogP) is 2.38. The van der Waals surface area contributed by atoms with Crippen molar-refractivity contribution >= 4 is 0 Å². The van der Waals surface area contributed by atoms with E-state index in [-0.39, 0.29) is 0 Å². The molecule has 2 heteroatoms. The van der Waals surface area contributed by atoms with E-state index in [4.69, 9.17) is 5.73 Å². The Morgan fingerprint density at radius 3 is 2.38 bits per heavy atom. The van der Waals surface area contributed by atoms with Crippen LogP contribution < -0.4 is 5.73 Å². The van der Waals surface area contributed by atoms with Crippen LogP contribution in [0.4, 0.5) is 0 Å². The maximum Gasteiger partial charge on any atom is 0.0337 e. The van der Waals surface area contributed by atoms with Gasteiger partial charge in [-0.3, -0.25) is 4.90 Å². The minimum atomic E-state index is 0.392. The molecular formula is C14H26N2. The summed E-state index contributed by atoms with van der Waals surface area (Å²) in [7, 11) is 0. The molecule has 3 fully saturated rings. The maximum absolute atomic E-state index is 6.15. The first-order valence-electron chi connectivity index (χ1n) is 7.20. The van der Waals surface area contributed by atoms with Crippen molar-refractivity contribution in [2.75, 3.05) is 13.1 Å². The van der Waals surface area contributed by atoms with Crippen LogP contribution in [0.1, 0.15) is 51.9 Å². The first-order chi connectivity index (χ1) is 7.73. The van der Waals surface area contributed by atoms with Crippen molar-refractivity contribution < 1.29 is 0 Å². The number of rotatable bonds is 5. The second-order valence-corrected chi connectivity index (χ2v) is 6.60. The summed E-state index contributed by atoms with van der Waals surface area (Å²) in [6.45, 7) is 4.65. The Bertz CT molecular complexity index is 257. The Morgan fingerprint density at radius 2 is 1.94 bits per heavy atom. The van der Waals surface area contributed by atoms with Gasteiger partial charge in [0.25, 0.3) is 0 Å². The highest BCUT2D eigenvalue weighted by Crippen LogP contribution is 2.45. The summed E-state index contributed by atoms with van der Waals surface area (Å²) < 4.78 is 0. The van der Waals surface area contributed by atoms with Gasteiger partial charge in [-0.15, -0.1) is 0 Å². The molecule has 0 saturated heterocycles. The Kier molecular flexibility index (Phi) is 2.75. The second kappa shape index (κ2) is 3.99. The standard InChI is InChI=1S/C14H26N2/c1-11-6-7-14(8-11,10-15)16(13-4-5-13)9-12-2-3-12/h11-13H,2-10,15H2,1H3. The average molecular weight is 222 g/mol. The van der Waals surface area contributed by atoms with E-state index in [1.807, 2.05) is 0 Å². The van der Waals surface area contributed by atoms with E-state index < -0.39 is 0 Å². The highest BCUT2D eigenvalue weighted by Gasteiger charge is 2.48. The molecule has 0 bridgehead atoms. The minimum absolute atomic E-state index is 0.392. The summed E-state index contributed by atoms with van der Waals surface area (Å²) in [6.07, 6.45) is 9.91. The SMILES string of the molecule is CC1CCC(CN)(N(CC2CC2)C2CC2)C1. The molecule has 16 heavy (non-hydrogen) atoms. The van der Waals surface area contributed by atoms with Crippen molar-refractivity contribution in [3.63, 3.8) is 0 Å².